The van der Waals surface area contributed by atoms with E-state index in [1.165, 1.54) is 4.31 Å². The van der Waals surface area contributed by atoms with Crippen molar-refractivity contribution in [2.75, 3.05) is 26.2 Å². The van der Waals surface area contributed by atoms with Gasteiger partial charge in [-0.3, -0.25) is 9.59 Å². The molecule has 0 spiro atoms. The minimum absolute atomic E-state index is 0.0545. The zero-order valence-electron chi connectivity index (χ0n) is 16.9. The summed E-state index contributed by atoms with van der Waals surface area (Å²) < 4.78 is 27.6. The lowest BCUT2D eigenvalue weighted by Crippen LogP contribution is -2.50. The highest BCUT2D eigenvalue weighted by Gasteiger charge is 2.31. The molecule has 0 saturated carbocycles. The van der Waals surface area contributed by atoms with Crippen molar-refractivity contribution >= 4 is 37.6 Å². The van der Waals surface area contributed by atoms with E-state index in [2.05, 4.69) is 22.9 Å². The molecule has 0 aromatic heterocycles. The number of Topliss-reactive ketones (excluding diaryl/α,β-unsaturated/α-hetero) is 1. The SMILES string of the molecule is CCc1ccc(C(=O)CCC(=O)N2CCN(S(=O)(=O)c3ccccc3Br)CC2)cc1. The zero-order chi connectivity index (χ0) is 21.7. The molecule has 30 heavy (non-hydrogen) atoms. The zero-order valence-corrected chi connectivity index (χ0v) is 19.3. The van der Waals surface area contributed by atoms with E-state index >= 15 is 0 Å². The second-order valence-electron chi connectivity index (χ2n) is 7.19. The Labute approximate surface area is 186 Å². The van der Waals surface area contributed by atoms with Crippen LogP contribution in [-0.2, 0) is 21.2 Å². The maximum atomic E-state index is 12.8. The number of aryl methyl sites for hydroxylation is 1. The number of hydrogen-bond acceptors (Lipinski definition) is 4. The Balaban J connectivity index is 1.52. The van der Waals surface area contributed by atoms with E-state index in [0.717, 1.165) is 12.0 Å². The van der Waals surface area contributed by atoms with Gasteiger partial charge >= 0.3 is 0 Å². The Kier molecular flexibility index (Phi) is 7.44. The van der Waals surface area contributed by atoms with Crippen LogP contribution in [0.15, 0.2) is 57.9 Å². The Hall–Kier alpha value is -2.03. The predicted octanol–water partition coefficient (Wildman–Crippen LogP) is 3.51. The fourth-order valence-corrected chi connectivity index (χ4v) is 5.81. The van der Waals surface area contributed by atoms with Crippen molar-refractivity contribution in [3.05, 3.63) is 64.1 Å². The summed E-state index contributed by atoms with van der Waals surface area (Å²) in [5.74, 6) is -0.174. The number of hydrogen-bond donors (Lipinski definition) is 0. The van der Waals surface area contributed by atoms with Crippen LogP contribution in [0, 0.1) is 0 Å². The Bertz CT molecular complexity index is 1010. The van der Waals surface area contributed by atoms with Crippen LogP contribution < -0.4 is 0 Å². The number of nitrogens with zero attached hydrogens (tertiary/aromatic N) is 2. The van der Waals surface area contributed by atoms with Crippen molar-refractivity contribution in [1.29, 1.82) is 0 Å². The molecule has 0 radical (unpaired) electrons. The molecular formula is C22H25BrN2O4S. The van der Waals surface area contributed by atoms with E-state index in [9.17, 15) is 18.0 Å². The second kappa shape index (κ2) is 9.85. The summed E-state index contributed by atoms with van der Waals surface area (Å²) in [6.07, 6.45) is 1.20. The molecule has 1 amide bonds. The monoisotopic (exact) mass is 492 g/mol. The molecule has 2 aromatic rings. The molecule has 0 unspecified atom stereocenters. The van der Waals surface area contributed by atoms with Gasteiger partial charge in [-0.15, -0.1) is 0 Å². The first-order valence-corrected chi connectivity index (χ1v) is 12.2. The third-order valence-corrected chi connectivity index (χ3v) is 8.21. The quantitative estimate of drug-likeness (QED) is 0.554. The Morgan fingerprint density at radius 3 is 2.17 bits per heavy atom. The van der Waals surface area contributed by atoms with Crippen molar-refractivity contribution in [2.45, 2.75) is 31.1 Å². The van der Waals surface area contributed by atoms with Gasteiger partial charge in [0, 0.05) is 49.1 Å². The third kappa shape index (κ3) is 5.17. The van der Waals surface area contributed by atoms with Gasteiger partial charge in [0.25, 0.3) is 0 Å². The van der Waals surface area contributed by atoms with E-state index < -0.39 is 10.0 Å². The third-order valence-electron chi connectivity index (χ3n) is 5.30. The summed E-state index contributed by atoms with van der Waals surface area (Å²) in [6.45, 7) is 3.17. The average Bonchev–Trinajstić information content (AvgIpc) is 2.77. The van der Waals surface area contributed by atoms with Crippen LogP contribution in [0.5, 0.6) is 0 Å². The molecule has 1 fully saturated rings. The molecular weight excluding hydrogens is 468 g/mol. The summed E-state index contributed by atoms with van der Waals surface area (Å²) in [7, 11) is -3.62. The van der Waals surface area contributed by atoms with Crippen molar-refractivity contribution in [1.82, 2.24) is 9.21 Å². The summed E-state index contributed by atoms with van der Waals surface area (Å²) in [6, 6.07) is 14.2. The van der Waals surface area contributed by atoms with Gasteiger partial charge in [0.2, 0.25) is 15.9 Å². The first kappa shape index (κ1) is 22.7. The number of sulfonamides is 1. The van der Waals surface area contributed by atoms with Crippen molar-refractivity contribution < 1.29 is 18.0 Å². The molecule has 160 valence electrons. The van der Waals surface area contributed by atoms with Crippen LogP contribution >= 0.6 is 15.9 Å². The number of benzene rings is 2. The molecule has 0 N–H and O–H groups in total. The molecule has 6 nitrogen and oxygen atoms in total. The van der Waals surface area contributed by atoms with Crippen molar-refractivity contribution in [2.24, 2.45) is 0 Å². The maximum Gasteiger partial charge on any atom is 0.244 e. The number of amides is 1. The smallest absolute Gasteiger partial charge is 0.244 e. The number of carbonyl (C=O) groups is 2. The fraction of sp³-hybridized carbons (Fsp3) is 0.364. The van der Waals surface area contributed by atoms with Crippen LogP contribution in [-0.4, -0.2) is 55.5 Å². The largest absolute Gasteiger partial charge is 0.340 e. The molecule has 0 atom stereocenters. The van der Waals surface area contributed by atoms with Gasteiger partial charge < -0.3 is 4.90 Å². The minimum atomic E-state index is -3.62. The lowest BCUT2D eigenvalue weighted by molar-refractivity contribution is -0.132. The lowest BCUT2D eigenvalue weighted by atomic mass is 10.0. The number of piperazine rings is 1. The average molecular weight is 493 g/mol. The van der Waals surface area contributed by atoms with Crippen molar-refractivity contribution in [3.8, 4) is 0 Å². The van der Waals surface area contributed by atoms with Crippen molar-refractivity contribution in [3.63, 3.8) is 0 Å². The van der Waals surface area contributed by atoms with Crippen LogP contribution in [0.1, 0.15) is 35.7 Å². The van der Waals surface area contributed by atoms with Gasteiger partial charge in [0.05, 0.1) is 4.90 Å². The molecule has 3 rings (SSSR count). The molecule has 1 heterocycles. The van der Waals surface area contributed by atoms with Crippen LogP contribution in [0.25, 0.3) is 0 Å². The van der Waals surface area contributed by atoms with Gasteiger partial charge in [0.1, 0.15) is 0 Å². The summed E-state index contributed by atoms with van der Waals surface area (Å²) >= 11 is 3.29. The van der Waals surface area contributed by atoms with Crippen LogP contribution in [0.4, 0.5) is 0 Å². The summed E-state index contributed by atoms with van der Waals surface area (Å²) in [4.78, 5) is 26.7. The Morgan fingerprint density at radius 1 is 0.933 bits per heavy atom. The summed E-state index contributed by atoms with van der Waals surface area (Å²) in [5.41, 5.74) is 1.78. The van der Waals surface area contributed by atoms with Crippen LogP contribution in [0.2, 0.25) is 0 Å². The van der Waals surface area contributed by atoms with E-state index in [1.807, 2.05) is 12.1 Å². The van der Waals surface area contributed by atoms with Gasteiger partial charge in [-0.25, -0.2) is 8.42 Å². The molecule has 0 aliphatic carbocycles. The minimum Gasteiger partial charge on any atom is -0.340 e. The highest BCUT2D eigenvalue weighted by Crippen LogP contribution is 2.25. The molecule has 1 aliphatic heterocycles. The number of halogens is 1. The fourth-order valence-electron chi connectivity index (χ4n) is 3.42. The number of ketones is 1. The summed E-state index contributed by atoms with van der Waals surface area (Å²) in [5, 5.41) is 0. The standard InChI is InChI=1S/C22H25BrN2O4S/c1-2-17-7-9-18(10-8-17)20(26)11-12-22(27)24-13-15-25(16-14-24)30(28,29)21-6-4-3-5-19(21)23/h3-10H,2,11-16H2,1H3. The molecule has 0 bridgehead atoms. The molecule has 1 aliphatic rings. The Morgan fingerprint density at radius 2 is 1.57 bits per heavy atom. The number of carbonyl (C=O) groups excluding carboxylic acids is 2. The second-order valence-corrected chi connectivity index (χ2v) is 9.95. The van der Waals surface area contributed by atoms with E-state index in [0.29, 0.717) is 23.1 Å². The highest BCUT2D eigenvalue weighted by molar-refractivity contribution is 9.10. The van der Waals surface area contributed by atoms with Gasteiger partial charge in [0.15, 0.2) is 5.78 Å². The van der Waals surface area contributed by atoms with Gasteiger partial charge in [-0.05, 0) is 40.0 Å². The van der Waals surface area contributed by atoms with Gasteiger partial charge in [-0.1, -0.05) is 43.3 Å². The normalized spacial score (nSPS) is 15.2. The van der Waals surface area contributed by atoms with E-state index in [-0.39, 0.29) is 42.5 Å². The topological polar surface area (TPSA) is 74.8 Å². The van der Waals surface area contributed by atoms with E-state index in [1.54, 1.807) is 41.3 Å². The molecule has 2 aromatic carbocycles. The van der Waals surface area contributed by atoms with Gasteiger partial charge in [-0.2, -0.15) is 4.31 Å². The lowest BCUT2D eigenvalue weighted by Gasteiger charge is -2.34. The molecule has 8 heteroatoms. The highest BCUT2D eigenvalue weighted by atomic mass is 79.9. The molecule has 1 saturated heterocycles. The van der Waals surface area contributed by atoms with E-state index in [4.69, 9.17) is 0 Å². The van der Waals surface area contributed by atoms with Crippen LogP contribution in [0.3, 0.4) is 0 Å². The first-order chi connectivity index (χ1) is 14.3. The maximum absolute atomic E-state index is 12.8. The first-order valence-electron chi connectivity index (χ1n) is 9.97. The number of rotatable bonds is 7. The predicted molar refractivity (Wildman–Crippen MR) is 119 cm³/mol.